The summed E-state index contributed by atoms with van der Waals surface area (Å²) < 4.78 is 0. The van der Waals surface area contributed by atoms with Crippen molar-refractivity contribution >= 4 is 11.8 Å². The van der Waals surface area contributed by atoms with E-state index in [4.69, 9.17) is 10.8 Å². The fourth-order valence-electron chi connectivity index (χ4n) is 1.13. The van der Waals surface area contributed by atoms with Crippen molar-refractivity contribution < 1.29 is 20.4 Å². The Kier molecular flexibility index (Phi) is 3.33. The molecule has 5 nitrogen and oxygen atoms in total. The van der Waals surface area contributed by atoms with Crippen molar-refractivity contribution in [2.75, 3.05) is 6.61 Å². The van der Waals surface area contributed by atoms with Crippen molar-refractivity contribution in [3.63, 3.8) is 0 Å². The van der Waals surface area contributed by atoms with E-state index < -0.39 is 28.9 Å². The third kappa shape index (κ3) is 1.73. The summed E-state index contributed by atoms with van der Waals surface area (Å²) in [7, 11) is 0. The van der Waals surface area contributed by atoms with Crippen LogP contribution >= 0.6 is 11.8 Å². The van der Waals surface area contributed by atoms with E-state index >= 15 is 0 Å². The van der Waals surface area contributed by atoms with Gasteiger partial charge in [-0.3, -0.25) is 0 Å². The Labute approximate surface area is 74.2 Å². The molecule has 72 valence electrons. The van der Waals surface area contributed by atoms with Gasteiger partial charge in [-0.25, -0.2) is 0 Å². The number of rotatable bonds is 1. The number of thioether (sulfide) groups is 1. The van der Waals surface area contributed by atoms with Gasteiger partial charge < -0.3 is 26.2 Å². The number of hydrogen-bond donors (Lipinski definition) is 5. The van der Waals surface area contributed by atoms with Crippen LogP contribution in [0.25, 0.3) is 0 Å². The minimum atomic E-state index is -1.27. The van der Waals surface area contributed by atoms with Crippen LogP contribution < -0.4 is 5.73 Å². The molecule has 5 atom stereocenters. The van der Waals surface area contributed by atoms with E-state index in [9.17, 15) is 15.3 Å². The average Bonchev–Trinajstić information content (AvgIpc) is 2.08. The molecule has 1 fully saturated rings. The molecule has 1 heterocycles. The molecule has 12 heavy (non-hydrogen) atoms. The monoisotopic (exact) mass is 195 g/mol. The van der Waals surface area contributed by atoms with E-state index in [1.54, 1.807) is 0 Å². The van der Waals surface area contributed by atoms with Crippen molar-refractivity contribution in [3.8, 4) is 0 Å². The first-order valence-electron chi connectivity index (χ1n) is 3.64. The van der Waals surface area contributed by atoms with Gasteiger partial charge >= 0.3 is 0 Å². The second kappa shape index (κ2) is 3.91. The van der Waals surface area contributed by atoms with Crippen LogP contribution in [0.1, 0.15) is 0 Å². The molecule has 0 aromatic carbocycles. The predicted molar refractivity (Wildman–Crippen MR) is 44.5 cm³/mol. The topological polar surface area (TPSA) is 107 Å². The summed E-state index contributed by atoms with van der Waals surface area (Å²) in [6, 6.07) is 0. The fraction of sp³-hybridized carbons (Fsp3) is 1.00. The van der Waals surface area contributed by atoms with Crippen LogP contribution in [0.3, 0.4) is 0 Å². The summed E-state index contributed by atoms with van der Waals surface area (Å²) in [6.07, 6.45) is -3.51. The molecule has 0 amide bonds. The molecule has 0 bridgehead atoms. The zero-order chi connectivity index (χ0) is 9.30. The molecular formula is C6H13NO4S. The zero-order valence-corrected chi connectivity index (χ0v) is 7.18. The Morgan fingerprint density at radius 2 is 1.67 bits per heavy atom. The van der Waals surface area contributed by atoms with Gasteiger partial charge in [-0.05, 0) is 0 Å². The quantitative estimate of drug-likeness (QED) is 0.316. The Balaban J connectivity index is 2.63. The maximum Gasteiger partial charge on any atom is 0.109 e. The molecule has 0 aliphatic carbocycles. The molecule has 1 aliphatic heterocycles. The molecule has 0 unspecified atom stereocenters. The summed E-state index contributed by atoms with van der Waals surface area (Å²) in [6.45, 7) is -0.261. The summed E-state index contributed by atoms with van der Waals surface area (Å²) in [4.78, 5) is 0. The Bertz CT molecular complexity index is 154. The zero-order valence-electron chi connectivity index (χ0n) is 6.37. The number of aliphatic hydroxyl groups is 4. The first kappa shape index (κ1) is 10.2. The molecule has 6 N–H and O–H groups in total. The first-order chi connectivity index (χ1) is 5.57. The van der Waals surface area contributed by atoms with Crippen LogP contribution in [-0.4, -0.2) is 56.0 Å². The Morgan fingerprint density at radius 3 is 2.17 bits per heavy atom. The lowest BCUT2D eigenvalue weighted by atomic mass is 10.0. The molecule has 0 radical (unpaired) electrons. The van der Waals surface area contributed by atoms with Crippen molar-refractivity contribution in [3.05, 3.63) is 0 Å². The number of aliphatic hydroxyl groups excluding tert-OH is 4. The summed E-state index contributed by atoms with van der Waals surface area (Å²) in [5, 5.41) is 35.3. The van der Waals surface area contributed by atoms with Gasteiger partial charge in [0.1, 0.15) is 12.2 Å². The number of hydrogen-bond acceptors (Lipinski definition) is 6. The van der Waals surface area contributed by atoms with Crippen molar-refractivity contribution in [1.82, 2.24) is 0 Å². The molecule has 0 spiro atoms. The van der Waals surface area contributed by atoms with Crippen LogP contribution in [0.5, 0.6) is 0 Å². The Hall–Kier alpha value is 0.150. The molecule has 1 aliphatic rings. The van der Waals surface area contributed by atoms with E-state index in [0.29, 0.717) is 0 Å². The normalized spacial score (nSPS) is 49.2. The third-order valence-electron chi connectivity index (χ3n) is 1.93. The van der Waals surface area contributed by atoms with Crippen LogP contribution in [0.4, 0.5) is 0 Å². The molecular weight excluding hydrogens is 182 g/mol. The largest absolute Gasteiger partial charge is 0.395 e. The molecule has 0 saturated carbocycles. The lowest BCUT2D eigenvalue weighted by Crippen LogP contribution is -2.56. The summed E-state index contributed by atoms with van der Waals surface area (Å²) in [5.74, 6) is 0. The summed E-state index contributed by atoms with van der Waals surface area (Å²) in [5.41, 5.74) is 5.43. The SMILES string of the molecule is N[C@@H]1S[C@H](CO)[C@@H](O)[C@H](O)[C@@H]1O. The lowest BCUT2D eigenvalue weighted by Gasteiger charge is -2.37. The van der Waals surface area contributed by atoms with Gasteiger partial charge in [-0.2, -0.15) is 0 Å². The standard InChI is InChI=1S/C6H13NO4S/c7-6-5(11)4(10)3(9)2(1-8)12-6/h2-6,8-11H,1,7H2/t2-,3-,4+,5+,6-/m1/s1. The predicted octanol–water partition coefficient (Wildman–Crippen LogP) is -2.54. The smallest absolute Gasteiger partial charge is 0.109 e. The summed E-state index contributed by atoms with van der Waals surface area (Å²) >= 11 is 1.07. The van der Waals surface area contributed by atoms with Gasteiger partial charge in [0, 0.05) is 0 Å². The van der Waals surface area contributed by atoms with E-state index in [1.807, 2.05) is 0 Å². The molecule has 0 aromatic rings. The van der Waals surface area contributed by atoms with E-state index in [1.165, 1.54) is 0 Å². The van der Waals surface area contributed by atoms with E-state index in [0.717, 1.165) is 11.8 Å². The van der Waals surface area contributed by atoms with Crippen molar-refractivity contribution in [2.45, 2.75) is 28.9 Å². The van der Waals surface area contributed by atoms with Gasteiger partial charge in [0.05, 0.1) is 23.3 Å². The maximum atomic E-state index is 9.28. The van der Waals surface area contributed by atoms with Gasteiger partial charge in [0.2, 0.25) is 0 Å². The van der Waals surface area contributed by atoms with Crippen LogP contribution in [0.2, 0.25) is 0 Å². The average molecular weight is 195 g/mol. The number of nitrogens with two attached hydrogens (primary N) is 1. The van der Waals surface area contributed by atoms with Crippen LogP contribution in [0, 0.1) is 0 Å². The minimum Gasteiger partial charge on any atom is -0.395 e. The van der Waals surface area contributed by atoms with Gasteiger partial charge in [0.25, 0.3) is 0 Å². The van der Waals surface area contributed by atoms with Gasteiger partial charge in [-0.1, -0.05) is 0 Å². The second-order valence-electron chi connectivity index (χ2n) is 2.79. The molecule has 0 aromatic heterocycles. The van der Waals surface area contributed by atoms with Crippen LogP contribution in [0.15, 0.2) is 0 Å². The highest BCUT2D eigenvalue weighted by Crippen LogP contribution is 2.29. The van der Waals surface area contributed by atoms with Gasteiger partial charge in [0.15, 0.2) is 0 Å². The van der Waals surface area contributed by atoms with E-state index in [-0.39, 0.29) is 6.61 Å². The molecule has 1 saturated heterocycles. The highest BCUT2D eigenvalue weighted by atomic mass is 32.2. The molecule has 1 rings (SSSR count). The van der Waals surface area contributed by atoms with Gasteiger partial charge in [-0.15, -0.1) is 11.8 Å². The van der Waals surface area contributed by atoms with Crippen molar-refractivity contribution in [2.24, 2.45) is 5.73 Å². The van der Waals surface area contributed by atoms with E-state index in [2.05, 4.69) is 0 Å². The first-order valence-corrected chi connectivity index (χ1v) is 4.58. The Morgan fingerprint density at radius 1 is 1.08 bits per heavy atom. The van der Waals surface area contributed by atoms with Crippen LogP contribution in [-0.2, 0) is 0 Å². The highest BCUT2D eigenvalue weighted by Gasteiger charge is 2.41. The fourth-order valence-corrected chi connectivity index (χ4v) is 2.26. The van der Waals surface area contributed by atoms with Crippen molar-refractivity contribution in [1.29, 1.82) is 0 Å². The highest BCUT2D eigenvalue weighted by molar-refractivity contribution is 8.00. The second-order valence-corrected chi connectivity index (χ2v) is 4.22. The lowest BCUT2D eigenvalue weighted by molar-refractivity contribution is -0.0690. The minimum absolute atomic E-state index is 0.261. The third-order valence-corrected chi connectivity index (χ3v) is 3.30. The molecule has 6 heteroatoms. The maximum absolute atomic E-state index is 9.28.